The van der Waals surface area contributed by atoms with E-state index in [4.69, 9.17) is 4.74 Å². The van der Waals surface area contributed by atoms with Gasteiger partial charge in [0, 0.05) is 29.8 Å². The molecule has 32 heavy (non-hydrogen) atoms. The van der Waals surface area contributed by atoms with Crippen molar-refractivity contribution in [3.05, 3.63) is 83.3 Å². The number of benzene rings is 2. The number of aromatic nitrogens is 3. The molecule has 2 aromatic carbocycles. The van der Waals surface area contributed by atoms with Crippen molar-refractivity contribution in [3.8, 4) is 17.0 Å². The van der Waals surface area contributed by atoms with E-state index in [2.05, 4.69) is 14.8 Å². The topological polar surface area (TPSA) is 103 Å². The number of para-hydroxylation sites is 1. The Bertz CT molecular complexity index is 1390. The van der Waals surface area contributed by atoms with Crippen LogP contribution in [-0.4, -0.2) is 36.3 Å². The zero-order valence-corrected chi connectivity index (χ0v) is 18.2. The number of rotatable bonds is 8. The highest BCUT2D eigenvalue weighted by Gasteiger charge is 2.17. The summed E-state index contributed by atoms with van der Waals surface area (Å²) in [5.74, 6) is 0.752. The average Bonchev–Trinajstić information content (AvgIpc) is 2.80. The van der Waals surface area contributed by atoms with Crippen LogP contribution < -0.4 is 15.0 Å². The minimum absolute atomic E-state index is 0.00515. The highest BCUT2D eigenvalue weighted by atomic mass is 32.2. The second-order valence-electron chi connectivity index (χ2n) is 6.97. The molecule has 0 spiro atoms. The first-order valence-corrected chi connectivity index (χ1v) is 11.6. The number of pyridine rings is 1. The minimum Gasteiger partial charge on any atom is -0.494 e. The molecule has 0 bridgehead atoms. The largest absolute Gasteiger partial charge is 0.494 e. The van der Waals surface area contributed by atoms with E-state index in [1.807, 2.05) is 31.2 Å². The van der Waals surface area contributed by atoms with Gasteiger partial charge < -0.3 is 4.74 Å². The number of sulfonamides is 1. The van der Waals surface area contributed by atoms with Gasteiger partial charge >= 0.3 is 0 Å². The fourth-order valence-electron chi connectivity index (χ4n) is 3.31. The van der Waals surface area contributed by atoms with Gasteiger partial charge in [-0.05, 0) is 49.4 Å². The van der Waals surface area contributed by atoms with Gasteiger partial charge in [0.2, 0.25) is 10.0 Å². The van der Waals surface area contributed by atoms with Gasteiger partial charge in [-0.25, -0.2) is 17.8 Å². The summed E-state index contributed by atoms with van der Waals surface area (Å²) < 4.78 is 34.9. The Morgan fingerprint density at radius 1 is 1.00 bits per heavy atom. The summed E-state index contributed by atoms with van der Waals surface area (Å²) in [5, 5.41) is 5.11. The van der Waals surface area contributed by atoms with Crippen molar-refractivity contribution >= 4 is 20.9 Å². The highest BCUT2D eigenvalue weighted by Crippen LogP contribution is 2.21. The Kier molecular flexibility index (Phi) is 6.29. The van der Waals surface area contributed by atoms with Crippen LogP contribution in [0, 0.1) is 0 Å². The van der Waals surface area contributed by atoms with Crippen molar-refractivity contribution < 1.29 is 13.2 Å². The number of nitrogens with zero attached hydrogens (tertiary/aromatic N) is 3. The van der Waals surface area contributed by atoms with Crippen molar-refractivity contribution in [2.75, 3.05) is 13.2 Å². The summed E-state index contributed by atoms with van der Waals surface area (Å²) in [5.41, 5.74) is 1.51. The maximum atomic E-state index is 12.8. The smallest absolute Gasteiger partial charge is 0.266 e. The lowest BCUT2D eigenvalue weighted by Crippen LogP contribution is -2.32. The molecule has 0 amide bonds. The molecule has 0 aliphatic heterocycles. The van der Waals surface area contributed by atoms with E-state index < -0.39 is 10.0 Å². The quantitative estimate of drug-likeness (QED) is 0.443. The van der Waals surface area contributed by atoms with Gasteiger partial charge in [0.1, 0.15) is 10.6 Å². The van der Waals surface area contributed by atoms with Gasteiger partial charge in [0.15, 0.2) is 0 Å². The number of nitrogens with one attached hydrogen (secondary N) is 1. The fourth-order valence-corrected chi connectivity index (χ4v) is 4.51. The second-order valence-corrected chi connectivity index (χ2v) is 8.70. The highest BCUT2D eigenvalue weighted by molar-refractivity contribution is 7.89. The number of fused-ring (bicyclic) bond motifs is 1. The monoisotopic (exact) mass is 450 g/mol. The Morgan fingerprint density at radius 3 is 2.56 bits per heavy atom. The summed E-state index contributed by atoms with van der Waals surface area (Å²) in [6.45, 7) is 2.58. The van der Waals surface area contributed by atoms with Crippen LogP contribution in [0.25, 0.3) is 22.2 Å². The van der Waals surface area contributed by atoms with Crippen LogP contribution in [0.5, 0.6) is 5.75 Å². The molecule has 0 atom stereocenters. The standard InChI is InChI=1S/C23H22N4O4S/c1-2-31-19-10-8-17(9-11-19)20-12-13-22(28)27(26-20)16-15-25-32(29,30)21-7-3-5-18-6-4-14-24-23(18)21/h3-14,25H,2,15-16H2,1H3. The van der Waals surface area contributed by atoms with E-state index in [9.17, 15) is 13.2 Å². The molecule has 8 nitrogen and oxygen atoms in total. The molecule has 164 valence electrons. The molecule has 0 fully saturated rings. The van der Waals surface area contributed by atoms with Crippen molar-refractivity contribution in [2.45, 2.75) is 18.4 Å². The molecule has 0 aliphatic carbocycles. The normalized spacial score (nSPS) is 11.5. The van der Waals surface area contributed by atoms with Crippen LogP contribution in [0.2, 0.25) is 0 Å². The molecule has 0 radical (unpaired) electrons. The van der Waals surface area contributed by atoms with E-state index >= 15 is 0 Å². The lowest BCUT2D eigenvalue weighted by Gasteiger charge is -2.11. The van der Waals surface area contributed by atoms with Gasteiger partial charge in [-0.1, -0.05) is 18.2 Å². The minimum atomic E-state index is -3.81. The van der Waals surface area contributed by atoms with Crippen LogP contribution in [0.15, 0.2) is 82.6 Å². The average molecular weight is 451 g/mol. The molecule has 2 heterocycles. The van der Waals surface area contributed by atoms with E-state index in [0.717, 1.165) is 16.7 Å². The molecule has 4 aromatic rings. The van der Waals surface area contributed by atoms with E-state index in [0.29, 0.717) is 17.8 Å². The second kappa shape index (κ2) is 9.29. The number of hydrogen-bond donors (Lipinski definition) is 1. The first kappa shape index (κ1) is 21.7. The third-order valence-electron chi connectivity index (χ3n) is 4.83. The van der Waals surface area contributed by atoms with Crippen LogP contribution in [0.4, 0.5) is 0 Å². The van der Waals surface area contributed by atoms with Crippen LogP contribution in [-0.2, 0) is 16.6 Å². The van der Waals surface area contributed by atoms with Crippen molar-refractivity contribution in [1.29, 1.82) is 0 Å². The maximum absolute atomic E-state index is 12.8. The van der Waals surface area contributed by atoms with E-state index in [1.54, 1.807) is 36.5 Å². The van der Waals surface area contributed by atoms with Gasteiger partial charge in [0.25, 0.3) is 5.56 Å². The Morgan fingerprint density at radius 2 is 1.78 bits per heavy atom. The van der Waals surface area contributed by atoms with E-state index in [1.165, 1.54) is 16.8 Å². The molecule has 2 aromatic heterocycles. The van der Waals surface area contributed by atoms with Crippen LogP contribution in [0.3, 0.4) is 0 Å². The van der Waals surface area contributed by atoms with Crippen LogP contribution in [0.1, 0.15) is 6.92 Å². The van der Waals surface area contributed by atoms with Gasteiger partial charge in [-0.15, -0.1) is 0 Å². The lowest BCUT2D eigenvalue weighted by molar-refractivity contribution is 0.340. The number of hydrogen-bond acceptors (Lipinski definition) is 6. The molecule has 0 aliphatic rings. The van der Waals surface area contributed by atoms with Gasteiger partial charge in [-0.2, -0.15) is 5.10 Å². The lowest BCUT2D eigenvalue weighted by atomic mass is 10.1. The molecule has 1 N–H and O–H groups in total. The molecule has 0 saturated heterocycles. The summed E-state index contributed by atoms with van der Waals surface area (Å²) in [6.07, 6.45) is 1.55. The van der Waals surface area contributed by atoms with Gasteiger partial charge in [0.05, 0.1) is 24.4 Å². The zero-order valence-electron chi connectivity index (χ0n) is 17.4. The SMILES string of the molecule is CCOc1ccc(-c2ccc(=O)n(CCNS(=O)(=O)c3cccc4cccnc34)n2)cc1. The van der Waals surface area contributed by atoms with Gasteiger partial charge in [-0.3, -0.25) is 9.78 Å². The van der Waals surface area contributed by atoms with Crippen molar-refractivity contribution in [1.82, 2.24) is 19.5 Å². The zero-order chi connectivity index (χ0) is 22.6. The van der Waals surface area contributed by atoms with E-state index in [-0.39, 0.29) is 23.5 Å². The summed E-state index contributed by atoms with van der Waals surface area (Å²) >= 11 is 0. The summed E-state index contributed by atoms with van der Waals surface area (Å²) in [4.78, 5) is 16.5. The third kappa shape index (κ3) is 4.68. The molecule has 4 rings (SSSR count). The predicted octanol–water partition coefficient (Wildman–Crippen LogP) is 2.84. The Labute approximate surface area is 185 Å². The first-order chi connectivity index (χ1) is 15.5. The molecule has 0 saturated carbocycles. The molecule has 0 unspecified atom stereocenters. The fraction of sp³-hybridized carbons (Fsp3) is 0.174. The van der Waals surface area contributed by atoms with Crippen LogP contribution >= 0.6 is 0 Å². The summed E-state index contributed by atoms with van der Waals surface area (Å²) in [7, 11) is -3.81. The Balaban J connectivity index is 1.50. The van der Waals surface area contributed by atoms with Crippen molar-refractivity contribution in [3.63, 3.8) is 0 Å². The molecular formula is C23H22N4O4S. The first-order valence-electron chi connectivity index (χ1n) is 10.1. The maximum Gasteiger partial charge on any atom is 0.266 e. The third-order valence-corrected chi connectivity index (χ3v) is 6.32. The predicted molar refractivity (Wildman–Crippen MR) is 122 cm³/mol. The molecular weight excluding hydrogens is 428 g/mol. The van der Waals surface area contributed by atoms with Crippen molar-refractivity contribution in [2.24, 2.45) is 0 Å². The Hall–Kier alpha value is -3.56. The molecule has 9 heteroatoms. The summed E-state index contributed by atoms with van der Waals surface area (Å²) in [6, 6.07) is 19.0. The number of ether oxygens (including phenoxy) is 1.